The van der Waals surface area contributed by atoms with Gasteiger partial charge in [0.05, 0.1) is 11.9 Å². The van der Waals surface area contributed by atoms with Crippen LogP contribution < -0.4 is 0 Å². The normalized spacial score (nSPS) is 10.3. The zero-order valence-corrected chi connectivity index (χ0v) is 8.51. The zero-order chi connectivity index (χ0) is 10.8. The monoisotopic (exact) mass is 202 g/mol. The Bertz CT molecular complexity index is 486. The number of rotatable bonds is 2. The van der Waals surface area contributed by atoms with Crippen LogP contribution in [-0.2, 0) is 7.05 Å². The quantitative estimate of drug-likeness (QED) is 0.683. The van der Waals surface area contributed by atoms with Gasteiger partial charge < -0.3 is 0 Å². The molecule has 0 aliphatic carbocycles. The van der Waals surface area contributed by atoms with Crippen molar-refractivity contribution in [3.05, 3.63) is 30.2 Å². The predicted molar refractivity (Wildman–Crippen MR) is 54.2 cm³/mol. The maximum absolute atomic E-state index is 11.0. The second-order valence-electron chi connectivity index (χ2n) is 3.23. The minimum atomic E-state index is -0.0373. The van der Waals surface area contributed by atoms with Gasteiger partial charge in [0, 0.05) is 25.7 Å². The van der Waals surface area contributed by atoms with E-state index in [2.05, 4.69) is 15.3 Å². The van der Waals surface area contributed by atoms with Crippen LogP contribution in [0.5, 0.6) is 0 Å². The largest absolute Gasteiger partial charge is 0.293 e. The van der Waals surface area contributed by atoms with E-state index in [4.69, 9.17) is 0 Å². The van der Waals surface area contributed by atoms with Crippen molar-refractivity contribution in [2.24, 2.45) is 7.05 Å². The number of aryl methyl sites for hydroxylation is 1. The molecule has 0 spiro atoms. The van der Waals surface area contributed by atoms with Gasteiger partial charge in [0.2, 0.25) is 0 Å². The third kappa shape index (κ3) is 1.76. The molecule has 0 bridgehead atoms. The fraction of sp³-hybridized carbons (Fsp3) is 0.200. The van der Waals surface area contributed by atoms with E-state index in [1.165, 1.54) is 6.92 Å². The van der Waals surface area contributed by atoms with Crippen LogP contribution in [0.1, 0.15) is 17.4 Å². The van der Waals surface area contributed by atoms with E-state index < -0.39 is 0 Å². The molecule has 0 radical (unpaired) electrons. The van der Waals surface area contributed by atoms with E-state index in [-0.39, 0.29) is 5.78 Å². The summed E-state index contributed by atoms with van der Waals surface area (Å²) in [5.74, 6) is -0.0373. The first-order valence-corrected chi connectivity index (χ1v) is 4.50. The standard InChI is InChI=1S/C10H10N4O/c1-7(15)9-4-3-8(5-11-9)10-6-12-13-14(10)2/h3-6H,1-2H3. The highest BCUT2D eigenvalue weighted by molar-refractivity contribution is 5.92. The Labute approximate surface area is 86.8 Å². The van der Waals surface area contributed by atoms with E-state index in [1.807, 2.05) is 6.07 Å². The first kappa shape index (κ1) is 9.51. The van der Waals surface area contributed by atoms with Crippen molar-refractivity contribution in [3.8, 4) is 11.3 Å². The molecule has 0 amide bonds. The van der Waals surface area contributed by atoms with Gasteiger partial charge in [-0.3, -0.25) is 9.78 Å². The number of hydrogen-bond donors (Lipinski definition) is 0. The van der Waals surface area contributed by atoms with Crippen LogP contribution in [0, 0.1) is 0 Å². The van der Waals surface area contributed by atoms with Crippen molar-refractivity contribution in [1.29, 1.82) is 0 Å². The fourth-order valence-corrected chi connectivity index (χ4v) is 1.30. The molecular formula is C10H10N4O. The molecule has 0 N–H and O–H groups in total. The Balaban J connectivity index is 2.40. The molecule has 0 fully saturated rings. The Hall–Kier alpha value is -2.04. The number of Topliss-reactive ketones (excluding diaryl/α,β-unsaturated/α-hetero) is 1. The van der Waals surface area contributed by atoms with Gasteiger partial charge in [-0.1, -0.05) is 5.21 Å². The van der Waals surface area contributed by atoms with Crippen LogP contribution >= 0.6 is 0 Å². The van der Waals surface area contributed by atoms with E-state index >= 15 is 0 Å². The molecule has 0 unspecified atom stereocenters. The van der Waals surface area contributed by atoms with Crippen LogP contribution in [0.15, 0.2) is 24.5 Å². The lowest BCUT2D eigenvalue weighted by atomic mass is 10.2. The second-order valence-corrected chi connectivity index (χ2v) is 3.23. The summed E-state index contributed by atoms with van der Waals surface area (Å²) in [6.45, 7) is 1.49. The summed E-state index contributed by atoms with van der Waals surface area (Å²) in [6, 6.07) is 3.53. The number of nitrogens with zero attached hydrogens (tertiary/aromatic N) is 4. The van der Waals surface area contributed by atoms with E-state index in [9.17, 15) is 4.79 Å². The summed E-state index contributed by atoms with van der Waals surface area (Å²) < 4.78 is 1.66. The molecule has 0 atom stereocenters. The Morgan fingerprint density at radius 1 is 1.33 bits per heavy atom. The van der Waals surface area contributed by atoms with E-state index in [1.54, 1.807) is 30.2 Å². The SMILES string of the molecule is CC(=O)c1ccc(-c2cnnn2C)cn1. The van der Waals surface area contributed by atoms with Crippen LogP contribution in [0.25, 0.3) is 11.3 Å². The van der Waals surface area contributed by atoms with Crippen LogP contribution in [0.2, 0.25) is 0 Å². The molecule has 76 valence electrons. The van der Waals surface area contributed by atoms with Gasteiger partial charge in [-0.2, -0.15) is 0 Å². The third-order valence-electron chi connectivity index (χ3n) is 2.13. The smallest absolute Gasteiger partial charge is 0.178 e. The molecule has 0 aliphatic heterocycles. The molecule has 2 heterocycles. The lowest BCUT2D eigenvalue weighted by Gasteiger charge is -2.00. The molecule has 5 nitrogen and oxygen atoms in total. The van der Waals surface area contributed by atoms with Gasteiger partial charge in [-0.15, -0.1) is 5.10 Å². The van der Waals surface area contributed by atoms with Crippen molar-refractivity contribution in [3.63, 3.8) is 0 Å². The van der Waals surface area contributed by atoms with Crippen molar-refractivity contribution >= 4 is 5.78 Å². The minimum Gasteiger partial charge on any atom is -0.293 e. The summed E-state index contributed by atoms with van der Waals surface area (Å²) in [6.07, 6.45) is 3.31. The molecule has 2 aromatic heterocycles. The molecule has 5 heteroatoms. The summed E-state index contributed by atoms with van der Waals surface area (Å²) in [4.78, 5) is 15.1. The highest BCUT2D eigenvalue weighted by atomic mass is 16.1. The molecule has 0 aromatic carbocycles. The average Bonchev–Trinajstić information content (AvgIpc) is 2.65. The second kappa shape index (κ2) is 3.61. The van der Waals surface area contributed by atoms with Crippen molar-refractivity contribution in [2.75, 3.05) is 0 Å². The third-order valence-corrected chi connectivity index (χ3v) is 2.13. The van der Waals surface area contributed by atoms with Gasteiger partial charge >= 0.3 is 0 Å². The van der Waals surface area contributed by atoms with E-state index in [0.29, 0.717) is 5.69 Å². The van der Waals surface area contributed by atoms with E-state index in [0.717, 1.165) is 11.3 Å². The zero-order valence-electron chi connectivity index (χ0n) is 8.51. The number of carbonyl (C=O) groups excluding carboxylic acids is 1. The Morgan fingerprint density at radius 3 is 2.60 bits per heavy atom. The highest BCUT2D eigenvalue weighted by Crippen LogP contribution is 2.15. The summed E-state index contributed by atoms with van der Waals surface area (Å²) >= 11 is 0. The van der Waals surface area contributed by atoms with Crippen LogP contribution in [0.3, 0.4) is 0 Å². The van der Waals surface area contributed by atoms with Crippen molar-refractivity contribution < 1.29 is 4.79 Å². The minimum absolute atomic E-state index is 0.0373. The molecule has 2 aromatic rings. The average molecular weight is 202 g/mol. The van der Waals surface area contributed by atoms with Gasteiger partial charge in [0.25, 0.3) is 0 Å². The van der Waals surface area contributed by atoms with Gasteiger partial charge in [0.1, 0.15) is 5.69 Å². The Kier molecular flexibility index (Phi) is 2.29. The maximum Gasteiger partial charge on any atom is 0.178 e. The maximum atomic E-state index is 11.0. The summed E-state index contributed by atoms with van der Waals surface area (Å²) in [5.41, 5.74) is 2.24. The molecule has 0 saturated heterocycles. The number of pyridine rings is 1. The molecule has 0 saturated carbocycles. The molecule has 2 rings (SSSR count). The number of hydrogen-bond acceptors (Lipinski definition) is 4. The van der Waals surface area contributed by atoms with Gasteiger partial charge in [-0.05, 0) is 12.1 Å². The summed E-state index contributed by atoms with van der Waals surface area (Å²) in [7, 11) is 1.81. The lowest BCUT2D eigenvalue weighted by Crippen LogP contribution is -1.98. The number of ketones is 1. The topological polar surface area (TPSA) is 60.7 Å². The number of carbonyl (C=O) groups is 1. The fourth-order valence-electron chi connectivity index (χ4n) is 1.30. The van der Waals surface area contributed by atoms with Gasteiger partial charge in [0.15, 0.2) is 5.78 Å². The summed E-state index contributed by atoms with van der Waals surface area (Å²) in [5, 5.41) is 7.60. The number of aromatic nitrogens is 4. The first-order valence-electron chi connectivity index (χ1n) is 4.50. The molecular weight excluding hydrogens is 192 g/mol. The van der Waals surface area contributed by atoms with Crippen LogP contribution in [-0.4, -0.2) is 25.8 Å². The first-order chi connectivity index (χ1) is 7.18. The van der Waals surface area contributed by atoms with Gasteiger partial charge in [-0.25, -0.2) is 4.68 Å². The molecule has 0 aliphatic rings. The highest BCUT2D eigenvalue weighted by Gasteiger charge is 2.05. The lowest BCUT2D eigenvalue weighted by molar-refractivity contribution is 0.101. The van der Waals surface area contributed by atoms with Crippen molar-refractivity contribution in [2.45, 2.75) is 6.92 Å². The Morgan fingerprint density at radius 2 is 2.13 bits per heavy atom. The van der Waals surface area contributed by atoms with Crippen LogP contribution in [0.4, 0.5) is 0 Å². The predicted octanol–water partition coefficient (Wildman–Crippen LogP) is 1.08. The molecule has 15 heavy (non-hydrogen) atoms. The van der Waals surface area contributed by atoms with Crippen molar-refractivity contribution in [1.82, 2.24) is 20.0 Å².